The zero-order valence-electron chi connectivity index (χ0n) is 8.85. The monoisotopic (exact) mass is 326 g/mol. The van der Waals surface area contributed by atoms with Crippen LogP contribution in [0.5, 0.6) is 5.75 Å². The first-order valence-corrected chi connectivity index (χ1v) is 5.96. The molecule has 3 nitrogen and oxygen atoms in total. The van der Waals surface area contributed by atoms with Crippen molar-refractivity contribution in [3.8, 4) is 5.75 Å². The van der Waals surface area contributed by atoms with Crippen molar-refractivity contribution in [1.29, 1.82) is 0 Å². The Kier molecular flexibility index (Phi) is 3.71. The van der Waals surface area contributed by atoms with E-state index in [2.05, 4.69) is 32.6 Å². The summed E-state index contributed by atoms with van der Waals surface area (Å²) < 4.78 is 6.33. The minimum Gasteiger partial charge on any atom is -0.496 e. The van der Waals surface area contributed by atoms with Crippen molar-refractivity contribution in [2.45, 2.75) is 6.42 Å². The van der Waals surface area contributed by atoms with E-state index in [0.717, 1.165) is 20.7 Å². The predicted octanol–water partition coefficient (Wildman–Crippen LogP) is 2.68. The van der Waals surface area contributed by atoms with Crippen molar-refractivity contribution >= 4 is 22.6 Å². The minimum absolute atomic E-state index is 0.695. The number of ether oxygens (including phenoxy) is 1. The number of hydrogen-bond donors (Lipinski definition) is 0. The van der Waals surface area contributed by atoms with Crippen LogP contribution in [0.15, 0.2) is 36.7 Å². The fraction of sp³-hybridized carbons (Fsp3) is 0.167. The molecule has 0 radical (unpaired) electrons. The molecule has 0 atom stereocenters. The predicted molar refractivity (Wildman–Crippen MR) is 70.5 cm³/mol. The Morgan fingerprint density at radius 3 is 2.56 bits per heavy atom. The lowest BCUT2D eigenvalue weighted by molar-refractivity contribution is 0.410. The van der Waals surface area contributed by atoms with Crippen LogP contribution in [0, 0.1) is 3.57 Å². The van der Waals surface area contributed by atoms with Crippen LogP contribution in [0.25, 0.3) is 0 Å². The molecule has 0 aliphatic carbocycles. The summed E-state index contributed by atoms with van der Waals surface area (Å²) in [6.07, 6.45) is 4.33. The lowest BCUT2D eigenvalue weighted by Gasteiger charge is -2.06. The Hall–Kier alpha value is -1.17. The van der Waals surface area contributed by atoms with E-state index in [4.69, 9.17) is 4.74 Å². The quantitative estimate of drug-likeness (QED) is 0.814. The van der Waals surface area contributed by atoms with E-state index in [9.17, 15) is 0 Å². The van der Waals surface area contributed by atoms with Crippen LogP contribution in [0.1, 0.15) is 11.4 Å². The van der Waals surface area contributed by atoms with Crippen molar-refractivity contribution in [1.82, 2.24) is 9.97 Å². The average Bonchev–Trinajstić information content (AvgIpc) is 2.33. The van der Waals surface area contributed by atoms with Crippen LogP contribution < -0.4 is 4.74 Å². The van der Waals surface area contributed by atoms with Gasteiger partial charge in [-0.3, -0.25) is 0 Å². The molecule has 0 amide bonds. The van der Waals surface area contributed by atoms with Crippen LogP contribution in [0.4, 0.5) is 0 Å². The molecule has 0 aliphatic heterocycles. The highest BCUT2D eigenvalue weighted by molar-refractivity contribution is 14.1. The smallest absolute Gasteiger partial charge is 0.132 e. The Balaban J connectivity index is 2.23. The van der Waals surface area contributed by atoms with Crippen molar-refractivity contribution in [3.63, 3.8) is 0 Å². The summed E-state index contributed by atoms with van der Waals surface area (Å²) in [7, 11) is 1.67. The van der Waals surface area contributed by atoms with E-state index >= 15 is 0 Å². The summed E-state index contributed by atoms with van der Waals surface area (Å²) >= 11 is 2.19. The van der Waals surface area contributed by atoms with E-state index in [1.165, 1.54) is 0 Å². The summed E-state index contributed by atoms with van der Waals surface area (Å²) in [5.41, 5.74) is 1.10. The Bertz CT molecular complexity index is 471. The average molecular weight is 326 g/mol. The van der Waals surface area contributed by atoms with E-state index in [0.29, 0.717) is 6.42 Å². The highest BCUT2D eigenvalue weighted by Crippen LogP contribution is 2.19. The van der Waals surface area contributed by atoms with Gasteiger partial charge in [-0.15, -0.1) is 0 Å². The molecule has 0 aliphatic rings. The van der Waals surface area contributed by atoms with Crippen molar-refractivity contribution in [2.24, 2.45) is 0 Å². The summed E-state index contributed by atoms with van der Waals surface area (Å²) in [5.74, 6) is 1.69. The molecule has 0 fully saturated rings. The van der Waals surface area contributed by atoms with Gasteiger partial charge in [0.25, 0.3) is 0 Å². The van der Waals surface area contributed by atoms with Crippen LogP contribution in [-0.2, 0) is 6.42 Å². The maximum Gasteiger partial charge on any atom is 0.132 e. The van der Waals surface area contributed by atoms with Crippen LogP contribution in [0.3, 0.4) is 0 Å². The van der Waals surface area contributed by atoms with Gasteiger partial charge in [0.05, 0.1) is 7.11 Å². The number of rotatable bonds is 3. The highest BCUT2D eigenvalue weighted by atomic mass is 127. The minimum atomic E-state index is 0.695. The second-order valence-corrected chi connectivity index (χ2v) is 4.55. The number of benzene rings is 1. The molecule has 1 heterocycles. The molecule has 82 valence electrons. The van der Waals surface area contributed by atoms with Gasteiger partial charge in [-0.05, 0) is 28.7 Å². The van der Waals surface area contributed by atoms with E-state index in [1.807, 2.05) is 36.7 Å². The van der Waals surface area contributed by atoms with Gasteiger partial charge in [0.1, 0.15) is 11.6 Å². The van der Waals surface area contributed by atoms with Gasteiger partial charge in [-0.1, -0.05) is 18.2 Å². The zero-order chi connectivity index (χ0) is 11.4. The number of methoxy groups -OCH3 is 1. The third-order valence-corrected chi connectivity index (χ3v) is 2.77. The fourth-order valence-corrected chi connectivity index (χ4v) is 1.73. The van der Waals surface area contributed by atoms with Gasteiger partial charge in [-0.2, -0.15) is 0 Å². The summed E-state index contributed by atoms with van der Waals surface area (Å²) in [6.45, 7) is 0. The number of halogens is 1. The molecule has 0 saturated heterocycles. The fourth-order valence-electron chi connectivity index (χ4n) is 1.45. The largest absolute Gasteiger partial charge is 0.496 e. The molecule has 0 N–H and O–H groups in total. The van der Waals surface area contributed by atoms with Crippen molar-refractivity contribution < 1.29 is 4.74 Å². The van der Waals surface area contributed by atoms with Gasteiger partial charge in [-0.25, -0.2) is 9.97 Å². The summed E-state index contributed by atoms with van der Waals surface area (Å²) in [4.78, 5) is 8.55. The molecule has 2 rings (SSSR count). The van der Waals surface area contributed by atoms with Gasteiger partial charge in [0, 0.05) is 27.9 Å². The first-order chi connectivity index (χ1) is 7.79. The molecule has 4 heteroatoms. The van der Waals surface area contributed by atoms with Crippen molar-refractivity contribution in [3.05, 3.63) is 51.6 Å². The Labute approximate surface area is 108 Å². The number of para-hydroxylation sites is 1. The molecule has 1 aromatic carbocycles. The SMILES string of the molecule is COc1ccccc1Cc1ncc(I)cn1. The van der Waals surface area contributed by atoms with Crippen LogP contribution in [0.2, 0.25) is 0 Å². The van der Waals surface area contributed by atoms with Gasteiger partial charge < -0.3 is 4.74 Å². The zero-order valence-corrected chi connectivity index (χ0v) is 11.0. The third-order valence-electron chi connectivity index (χ3n) is 2.21. The van der Waals surface area contributed by atoms with Crippen molar-refractivity contribution in [2.75, 3.05) is 7.11 Å². The molecule has 16 heavy (non-hydrogen) atoms. The number of aromatic nitrogens is 2. The molecule has 0 bridgehead atoms. The van der Waals surface area contributed by atoms with E-state index < -0.39 is 0 Å². The van der Waals surface area contributed by atoms with Crippen LogP contribution >= 0.6 is 22.6 Å². The molecule has 0 spiro atoms. The van der Waals surface area contributed by atoms with E-state index in [-0.39, 0.29) is 0 Å². The highest BCUT2D eigenvalue weighted by Gasteiger charge is 2.04. The van der Waals surface area contributed by atoms with Gasteiger partial charge in [0.2, 0.25) is 0 Å². The summed E-state index contributed by atoms with van der Waals surface area (Å²) in [6, 6.07) is 7.92. The Morgan fingerprint density at radius 1 is 1.19 bits per heavy atom. The third kappa shape index (κ3) is 2.69. The maximum atomic E-state index is 5.28. The van der Waals surface area contributed by atoms with E-state index in [1.54, 1.807) is 7.11 Å². The topological polar surface area (TPSA) is 35.0 Å². The second-order valence-electron chi connectivity index (χ2n) is 3.31. The standard InChI is InChI=1S/C12H11IN2O/c1-16-11-5-3-2-4-9(11)6-12-14-7-10(13)8-15-12/h2-5,7-8H,6H2,1H3. The normalized spacial score (nSPS) is 10.1. The van der Waals surface area contributed by atoms with Crippen LogP contribution in [-0.4, -0.2) is 17.1 Å². The number of hydrogen-bond acceptors (Lipinski definition) is 3. The van der Waals surface area contributed by atoms with Gasteiger partial charge >= 0.3 is 0 Å². The maximum absolute atomic E-state index is 5.28. The first kappa shape index (κ1) is 11.3. The molecule has 0 unspecified atom stereocenters. The molecular weight excluding hydrogens is 315 g/mol. The lowest BCUT2D eigenvalue weighted by atomic mass is 10.1. The second kappa shape index (κ2) is 5.25. The molecule has 0 saturated carbocycles. The van der Waals surface area contributed by atoms with Gasteiger partial charge in [0.15, 0.2) is 0 Å². The first-order valence-electron chi connectivity index (χ1n) is 4.88. The molecule has 1 aromatic heterocycles. The number of nitrogens with zero attached hydrogens (tertiary/aromatic N) is 2. The lowest BCUT2D eigenvalue weighted by Crippen LogP contribution is -1.98. The molecule has 2 aromatic rings. The molecular formula is C12H11IN2O. The summed E-state index contributed by atoms with van der Waals surface area (Å²) in [5, 5.41) is 0. The Morgan fingerprint density at radius 2 is 1.88 bits per heavy atom.